The van der Waals surface area contributed by atoms with E-state index in [0.717, 1.165) is 25.3 Å². The van der Waals surface area contributed by atoms with Crippen molar-refractivity contribution in [1.29, 1.82) is 0 Å². The van der Waals surface area contributed by atoms with Gasteiger partial charge < -0.3 is 10.1 Å². The van der Waals surface area contributed by atoms with Crippen LogP contribution in [0.5, 0.6) is 0 Å². The summed E-state index contributed by atoms with van der Waals surface area (Å²) in [5.41, 5.74) is 4.72. The van der Waals surface area contributed by atoms with Crippen LogP contribution in [0.15, 0.2) is 29.3 Å². The fourth-order valence-electron chi connectivity index (χ4n) is 1.48. The number of hydrogen-bond donors (Lipinski definition) is 3. The Morgan fingerprint density at radius 2 is 2.28 bits per heavy atom. The Balaban J connectivity index is 2.43. The van der Waals surface area contributed by atoms with Gasteiger partial charge >= 0.3 is 0 Å². The van der Waals surface area contributed by atoms with E-state index in [4.69, 9.17) is 10.6 Å². The monoisotopic (exact) mass is 250 g/mol. The van der Waals surface area contributed by atoms with Crippen LogP contribution in [-0.4, -0.2) is 25.7 Å². The highest BCUT2D eigenvalue weighted by atomic mass is 16.5. The number of guanidine groups is 1. The van der Waals surface area contributed by atoms with E-state index in [-0.39, 0.29) is 0 Å². The Kier molecular flexibility index (Phi) is 6.83. The Morgan fingerprint density at radius 1 is 1.44 bits per heavy atom. The Hall–Kier alpha value is -1.59. The lowest BCUT2D eigenvalue weighted by molar-refractivity contribution is 0.146. The predicted molar refractivity (Wildman–Crippen MR) is 75.5 cm³/mol. The molecule has 1 rings (SSSR count). The van der Waals surface area contributed by atoms with E-state index in [0.29, 0.717) is 12.5 Å². The van der Waals surface area contributed by atoms with Crippen molar-refractivity contribution in [3.05, 3.63) is 29.8 Å². The minimum atomic E-state index is 0.567. The molecule has 0 aromatic heterocycles. The van der Waals surface area contributed by atoms with Crippen LogP contribution in [-0.2, 0) is 4.74 Å². The van der Waals surface area contributed by atoms with Crippen molar-refractivity contribution in [2.24, 2.45) is 10.8 Å². The zero-order valence-electron chi connectivity index (χ0n) is 11.1. The molecule has 0 aliphatic heterocycles. The van der Waals surface area contributed by atoms with Crippen LogP contribution in [0, 0.1) is 6.92 Å². The first-order valence-corrected chi connectivity index (χ1v) is 6.18. The number of aryl methyl sites for hydroxylation is 1. The van der Waals surface area contributed by atoms with E-state index in [1.165, 1.54) is 5.56 Å². The predicted octanol–water partition coefficient (Wildman–Crippen LogP) is 1.65. The minimum absolute atomic E-state index is 0.567. The van der Waals surface area contributed by atoms with Gasteiger partial charge in [-0.3, -0.25) is 10.4 Å². The molecule has 0 heterocycles. The second-order valence-electron chi connectivity index (χ2n) is 3.92. The molecule has 0 aliphatic carbocycles. The number of ether oxygens (including phenoxy) is 1. The molecule has 0 aliphatic rings. The number of benzene rings is 1. The molecule has 5 heteroatoms. The van der Waals surface area contributed by atoms with Crippen LogP contribution in [0.2, 0.25) is 0 Å². The maximum absolute atomic E-state index is 5.43. The van der Waals surface area contributed by atoms with Crippen LogP contribution in [0.1, 0.15) is 18.9 Å². The van der Waals surface area contributed by atoms with E-state index < -0.39 is 0 Å². The number of nitrogens with zero attached hydrogens (tertiary/aromatic N) is 1. The Morgan fingerprint density at radius 3 is 2.94 bits per heavy atom. The van der Waals surface area contributed by atoms with E-state index in [9.17, 15) is 0 Å². The van der Waals surface area contributed by atoms with Gasteiger partial charge in [0.1, 0.15) is 0 Å². The number of hydrogen-bond acceptors (Lipinski definition) is 3. The SMILES string of the molecule is CCOCCCN=C(NN)Nc1cccc(C)c1. The first kappa shape index (κ1) is 14.5. The summed E-state index contributed by atoms with van der Waals surface area (Å²) in [4.78, 5) is 4.33. The van der Waals surface area contributed by atoms with Gasteiger partial charge in [0, 0.05) is 25.4 Å². The average Bonchev–Trinajstić information content (AvgIpc) is 2.37. The maximum atomic E-state index is 5.43. The van der Waals surface area contributed by atoms with Gasteiger partial charge in [0.05, 0.1) is 0 Å². The lowest BCUT2D eigenvalue weighted by Crippen LogP contribution is -2.36. The molecule has 0 saturated heterocycles. The third-order valence-electron chi connectivity index (χ3n) is 2.34. The molecule has 1 aromatic carbocycles. The normalized spacial score (nSPS) is 11.4. The summed E-state index contributed by atoms with van der Waals surface area (Å²) >= 11 is 0. The molecular formula is C13H22N4O. The summed E-state index contributed by atoms with van der Waals surface area (Å²) in [7, 11) is 0. The van der Waals surface area contributed by atoms with Gasteiger partial charge in [-0.2, -0.15) is 0 Å². The van der Waals surface area contributed by atoms with E-state index in [2.05, 4.69) is 15.7 Å². The van der Waals surface area contributed by atoms with Crippen molar-refractivity contribution in [2.45, 2.75) is 20.3 Å². The largest absolute Gasteiger partial charge is 0.382 e. The Labute approximate surface area is 108 Å². The number of nitrogens with two attached hydrogens (primary N) is 1. The van der Waals surface area contributed by atoms with Crippen LogP contribution in [0.3, 0.4) is 0 Å². The van der Waals surface area contributed by atoms with Crippen LogP contribution in [0.4, 0.5) is 5.69 Å². The van der Waals surface area contributed by atoms with E-state index in [1.807, 2.05) is 38.1 Å². The number of anilines is 1. The zero-order valence-corrected chi connectivity index (χ0v) is 11.1. The van der Waals surface area contributed by atoms with Crippen molar-refractivity contribution >= 4 is 11.6 Å². The summed E-state index contributed by atoms with van der Waals surface area (Å²) in [5.74, 6) is 5.99. The van der Waals surface area contributed by atoms with Crippen molar-refractivity contribution in [3.63, 3.8) is 0 Å². The van der Waals surface area contributed by atoms with Crippen molar-refractivity contribution < 1.29 is 4.74 Å². The minimum Gasteiger partial charge on any atom is -0.382 e. The molecule has 0 unspecified atom stereocenters. The van der Waals surface area contributed by atoms with Gasteiger partial charge in [0.25, 0.3) is 0 Å². The summed E-state index contributed by atoms with van der Waals surface area (Å²) in [6, 6.07) is 8.04. The molecule has 0 amide bonds. The third-order valence-corrected chi connectivity index (χ3v) is 2.34. The maximum Gasteiger partial charge on any atom is 0.210 e. The fraction of sp³-hybridized carbons (Fsp3) is 0.462. The van der Waals surface area contributed by atoms with Gasteiger partial charge in [-0.05, 0) is 38.0 Å². The van der Waals surface area contributed by atoms with Crippen molar-refractivity contribution in [3.8, 4) is 0 Å². The second-order valence-corrected chi connectivity index (χ2v) is 3.92. The van der Waals surface area contributed by atoms with Crippen molar-refractivity contribution in [2.75, 3.05) is 25.1 Å². The number of nitrogens with one attached hydrogen (secondary N) is 2. The molecule has 100 valence electrons. The number of hydrazine groups is 1. The molecular weight excluding hydrogens is 228 g/mol. The van der Waals surface area contributed by atoms with Gasteiger partial charge in [-0.1, -0.05) is 12.1 Å². The summed E-state index contributed by atoms with van der Waals surface area (Å²) in [6.45, 7) is 6.17. The molecule has 0 fully saturated rings. The highest BCUT2D eigenvalue weighted by Crippen LogP contribution is 2.08. The highest BCUT2D eigenvalue weighted by molar-refractivity contribution is 5.93. The van der Waals surface area contributed by atoms with Crippen molar-refractivity contribution in [1.82, 2.24) is 5.43 Å². The topological polar surface area (TPSA) is 71.7 Å². The molecule has 0 radical (unpaired) electrons. The van der Waals surface area contributed by atoms with E-state index in [1.54, 1.807) is 0 Å². The average molecular weight is 250 g/mol. The lowest BCUT2D eigenvalue weighted by Gasteiger charge is -2.09. The summed E-state index contributed by atoms with van der Waals surface area (Å²) < 4.78 is 5.24. The van der Waals surface area contributed by atoms with Gasteiger partial charge in [-0.15, -0.1) is 0 Å². The first-order chi connectivity index (χ1) is 8.76. The number of aliphatic imine (C=N–C) groups is 1. The van der Waals surface area contributed by atoms with Gasteiger partial charge in [0.15, 0.2) is 0 Å². The van der Waals surface area contributed by atoms with E-state index >= 15 is 0 Å². The number of rotatable bonds is 6. The smallest absolute Gasteiger partial charge is 0.210 e. The standard InChI is InChI=1S/C13H22N4O/c1-3-18-9-5-8-15-13(17-14)16-12-7-4-6-11(2)10-12/h4,6-7,10H,3,5,8-9,14H2,1-2H3,(H2,15,16,17). The quantitative estimate of drug-likeness (QED) is 0.236. The molecule has 0 atom stereocenters. The second kappa shape index (κ2) is 8.49. The Bertz CT molecular complexity index is 379. The highest BCUT2D eigenvalue weighted by Gasteiger charge is 1.97. The molecule has 4 N–H and O–H groups in total. The van der Waals surface area contributed by atoms with Crippen LogP contribution < -0.4 is 16.6 Å². The molecule has 0 spiro atoms. The fourth-order valence-corrected chi connectivity index (χ4v) is 1.48. The zero-order chi connectivity index (χ0) is 13.2. The summed E-state index contributed by atoms with van der Waals surface area (Å²) in [5, 5.41) is 3.13. The third kappa shape index (κ3) is 5.65. The lowest BCUT2D eigenvalue weighted by atomic mass is 10.2. The molecule has 18 heavy (non-hydrogen) atoms. The molecule has 5 nitrogen and oxygen atoms in total. The van der Waals surface area contributed by atoms with Gasteiger partial charge in [0.2, 0.25) is 5.96 Å². The van der Waals surface area contributed by atoms with Gasteiger partial charge in [-0.25, -0.2) is 5.84 Å². The molecule has 0 bridgehead atoms. The van der Waals surface area contributed by atoms with Crippen LogP contribution >= 0.6 is 0 Å². The van der Waals surface area contributed by atoms with Crippen LogP contribution in [0.25, 0.3) is 0 Å². The first-order valence-electron chi connectivity index (χ1n) is 6.18. The summed E-state index contributed by atoms with van der Waals surface area (Å²) in [6.07, 6.45) is 0.883. The molecule has 0 saturated carbocycles. The molecule has 1 aromatic rings.